The molecule has 0 saturated heterocycles. The quantitative estimate of drug-likeness (QED) is 0.853. The fraction of sp³-hybridized carbons (Fsp3) is 0.200. The zero-order valence-electron chi connectivity index (χ0n) is 11.4. The Kier molecular flexibility index (Phi) is 4.53. The molecule has 2 amide bonds. The number of anilines is 1. The molecule has 5 heteroatoms. The minimum Gasteiger partial charge on any atom is -0.344 e. The third kappa shape index (κ3) is 3.68. The van der Waals surface area contributed by atoms with Gasteiger partial charge in [-0.3, -0.25) is 9.59 Å². The Morgan fingerprint density at radius 3 is 2.55 bits per heavy atom. The summed E-state index contributed by atoms with van der Waals surface area (Å²) >= 11 is 1.55. The normalized spacial score (nSPS) is 10.1. The molecule has 0 saturated carbocycles. The molecule has 0 atom stereocenters. The predicted octanol–water partition coefficient (Wildman–Crippen LogP) is 2.62. The molecule has 0 fully saturated rings. The minimum atomic E-state index is -0.650. The Labute approximate surface area is 121 Å². The maximum Gasteiger partial charge on any atom is 0.313 e. The number of nitrogens with one attached hydrogen (secondary N) is 2. The van der Waals surface area contributed by atoms with E-state index >= 15 is 0 Å². The van der Waals surface area contributed by atoms with E-state index in [1.807, 2.05) is 42.8 Å². The van der Waals surface area contributed by atoms with Gasteiger partial charge in [0.05, 0.1) is 0 Å². The van der Waals surface area contributed by atoms with Crippen molar-refractivity contribution in [3.8, 4) is 0 Å². The van der Waals surface area contributed by atoms with Gasteiger partial charge < -0.3 is 10.6 Å². The van der Waals surface area contributed by atoms with E-state index in [9.17, 15) is 9.59 Å². The molecule has 20 heavy (non-hydrogen) atoms. The van der Waals surface area contributed by atoms with Crippen molar-refractivity contribution in [2.24, 2.45) is 0 Å². The Morgan fingerprint density at radius 1 is 1.10 bits per heavy atom. The molecule has 0 unspecified atom stereocenters. The lowest BCUT2D eigenvalue weighted by Crippen LogP contribution is -2.34. The lowest BCUT2D eigenvalue weighted by atomic mass is 10.1. The van der Waals surface area contributed by atoms with E-state index in [1.54, 1.807) is 17.4 Å². The molecule has 0 aliphatic carbocycles. The van der Waals surface area contributed by atoms with Gasteiger partial charge in [0.15, 0.2) is 0 Å². The monoisotopic (exact) mass is 288 g/mol. The maximum atomic E-state index is 11.7. The van der Waals surface area contributed by atoms with Crippen LogP contribution < -0.4 is 10.6 Å². The van der Waals surface area contributed by atoms with Gasteiger partial charge >= 0.3 is 11.8 Å². The van der Waals surface area contributed by atoms with Crippen molar-refractivity contribution in [1.82, 2.24) is 5.32 Å². The molecular formula is C15H16N2O2S. The number of hydrogen-bond acceptors (Lipinski definition) is 3. The van der Waals surface area contributed by atoms with E-state index in [-0.39, 0.29) is 0 Å². The summed E-state index contributed by atoms with van der Waals surface area (Å²) in [7, 11) is 0. The maximum absolute atomic E-state index is 11.7. The molecule has 1 aromatic heterocycles. The van der Waals surface area contributed by atoms with Gasteiger partial charge in [-0.2, -0.15) is 11.3 Å². The minimum absolute atomic E-state index is 0.364. The molecule has 0 aliphatic heterocycles. The summed E-state index contributed by atoms with van der Waals surface area (Å²) < 4.78 is 0. The van der Waals surface area contributed by atoms with Crippen LogP contribution in [0.2, 0.25) is 0 Å². The first kappa shape index (κ1) is 14.3. The zero-order chi connectivity index (χ0) is 14.5. The molecule has 0 aliphatic rings. The van der Waals surface area contributed by atoms with Crippen molar-refractivity contribution in [3.05, 3.63) is 51.7 Å². The third-order valence-electron chi connectivity index (χ3n) is 3.00. The number of rotatable bonds is 3. The van der Waals surface area contributed by atoms with Crippen LogP contribution in [0, 0.1) is 13.8 Å². The van der Waals surface area contributed by atoms with E-state index in [1.165, 1.54) is 0 Å². The number of carbonyl (C=O) groups excluding carboxylic acids is 2. The van der Waals surface area contributed by atoms with Crippen LogP contribution in [0.15, 0.2) is 35.0 Å². The average molecular weight is 288 g/mol. The highest BCUT2D eigenvalue weighted by atomic mass is 32.1. The fourth-order valence-electron chi connectivity index (χ4n) is 1.66. The molecule has 2 aromatic rings. The van der Waals surface area contributed by atoms with Crippen LogP contribution in [0.25, 0.3) is 0 Å². The molecule has 1 heterocycles. The second-order valence-electron chi connectivity index (χ2n) is 4.57. The Bertz CT molecular complexity index is 621. The first-order valence-electron chi connectivity index (χ1n) is 6.24. The Morgan fingerprint density at radius 2 is 1.90 bits per heavy atom. The number of aryl methyl sites for hydroxylation is 2. The zero-order valence-corrected chi connectivity index (χ0v) is 12.2. The van der Waals surface area contributed by atoms with Crippen molar-refractivity contribution in [1.29, 1.82) is 0 Å². The van der Waals surface area contributed by atoms with Gasteiger partial charge in [-0.05, 0) is 59.5 Å². The van der Waals surface area contributed by atoms with Crippen LogP contribution in [-0.2, 0) is 16.1 Å². The summed E-state index contributed by atoms with van der Waals surface area (Å²) in [6.07, 6.45) is 0. The van der Waals surface area contributed by atoms with Gasteiger partial charge in [0.2, 0.25) is 0 Å². The summed E-state index contributed by atoms with van der Waals surface area (Å²) in [6.45, 7) is 4.32. The fourth-order valence-corrected chi connectivity index (χ4v) is 2.33. The topological polar surface area (TPSA) is 58.2 Å². The van der Waals surface area contributed by atoms with E-state index in [2.05, 4.69) is 10.6 Å². The van der Waals surface area contributed by atoms with Gasteiger partial charge in [-0.25, -0.2) is 0 Å². The number of amides is 2. The van der Waals surface area contributed by atoms with Crippen molar-refractivity contribution in [2.75, 3.05) is 5.32 Å². The van der Waals surface area contributed by atoms with Gasteiger partial charge in [0.25, 0.3) is 0 Å². The largest absolute Gasteiger partial charge is 0.344 e. The molecule has 1 aromatic carbocycles. The second kappa shape index (κ2) is 6.34. The van der Waals surface area contributed by atoms with E-state index < -0.39 is 11.8 Å². The number of carbonyl (C=O) groups is 2. The summed E-state index contributed by atoms with van der Waals surface area (Å²) in [5, 5.41) is 9.04. The molecule has 0 spiro atoms. The van der Waals surface area contributed by atoms with Crippen LogP contribution in [0.3, 0.4) is 0 Å². The highest BCUT2D eigenvalue weighted by molar-refractivity contribution is 7.07. The standard InChI is InChI=1S/C15H16N2O2S/c1-10-3-4-13(7-11(10)2)17-15(19)14(18)16-8-12-5-6-20-9-12/h3-7,9H,8H2,1-2H3,(H,16,18)(H,17,19). The highest BCUT2D eigenvalue weighted by Gasteiger charge is 2.13. The summed E-state index contributed by atoms with van der Waals surface area (Å²) in [6, 6.07) is 7.45. The highest BCUT2D eigenvalue weighted by Crippen LogP contribution is 2.14. The van der Waals surface area contributed by atoms with Crippen molar-refractivity contribution >= 4 is 28.8 Å². The molecule has 2 N–H and O–H groups in total. The van der Waals surface area contributed by atoms with Crippen LogP contribution in [0.4, 0.5) is 5.69 Å². The summed E-state index contributed by atoms with van der Waals surface area (Å²) in [5.41, 5.74) is 3.83. The molecule has 0 radical (unpaired) electrons. The van der Waals surface area contributed by atoms with Gasteiger partial charge in [-0.15, -0.1) is 0 Å². The van der Waals surface area contributed by atoms with E-state index in [0.29, 0.717) is 12.2 Å². The first-order chi connectivity index (χ1) is 9.56. The third-order valence-corrected chi connectivity index (χ3v) is 3.74. The van der Waals surface area contributed by atoms with E-state index in [4.69, 9.17) is 0 Å². The number of thiophene rings is 1. The Balaban J connectivity index is 1.90. The number of benzene rings is 1. The lowest BCUT2D eigenvalue weighted by molar-refractivity contribution is -0.136. The van der Waals surface area contributed by atoms with Gasteiger partial charge in [0, 0.05) is 12.2 Å². The molecule has 4 nitrogen and oxygen atoms in total. The molecule has 2 rings (SSSR count). The van der Waals surface area contributed by atoms with Crippen LogP contribution in [-0.4, -0.2) is 11.8 Å². The van der Waals surface area contributed by atoms with Gasteiger partial charge in [-0.1, -0.05) is 6.07 Å². The predicted molar refractivity (Wildman–Crippen MR) is 80.7 cm³/mol. The SMILES string of the molecule is Cc1ccc(NC(=O)C(=O)NCc2ccsc2)cc1C. The summed E-state index contributed by atoms with van der Waals surface area (Å²) in [4.78, 5) is 23.4. The van der Waals surface area contributed by atoms with Crippen LogP contribution in [0.5, 0.6) is 0 Å². The first-order valence-corrected chi connectivity index (χ1v) is 7.18. The molecular weight excluding hydrogens is 272 g/mol. The van der Waals surface area contributed by atoms with Crippen LogP contribution in [0.1, 0.15) is 16.7 Å². The Hall–Kier alpha value is -2.14. The molecule has 0 bridgehead atoms. The molecule has 104 valence electrons. The van der Waals surface area contributed by atoms with Gasteiger partial charge in [0.1, 0.15) is 0 Å². The lowest BCUT2D eigenvalue weighted by Gasteiger charge is -2.07. The number of hydrogen-bond donors (Lipinski definition) is 2. The smallest absolute Gasteiger partial charge is 0.313 e. The van der Waals surface area contributed by atoms with Crippen molar-refractivity contribution in [2.45, 2.75) is 20.4 Å². The van der Waals surface area contributed by atoms with E-state index in [0.717, 1.165) is 16.7 Å². The summed E-state index contributed by atoms with van der Waals surface area (Å²) in [5.74, 6) is -1.28. The average Bonchev–Trinajstić information content (AvgIpc) is 2.93. The van der Waals surface area contributed by atoms with Crippen molar-refractivity contribution < 1.29 is 9.59 Å². The van der Waals surface area contributed by atoms with Crippen molar-refractivity contribution in [3.63, 3.8) is 0 Å². The van der Waals surface area contributed by atoms with Crippen LogP contribution >= 0.6 is 11.3 Å². The second-order valence-corrected chi connectivity index (χ2v) is 5.35.